The fourth-order valence-electron chi connectivity index (χ4n) is 2.71. The van der Waals surface area contributed by atoms with E-state index in [1.54, 1.807) is 93.7 Å². The van der Waals surface area contributed by atoms with Crippen LogP contribution in [-0.2, 0) is 19.1 Å². The van der Waals surface area contributed by atoms with Crippen molar-refractivity contribution in [2.75, 3.05) is 26.8 Å². The van der Waals surface area contributed by atoms with Gasteiger partial charge in [-0.2, -0.15) is 17.6 Å². The summed E-state index contributed by atoms with van der Waals surface area (Å²) in [4.78, 5) is 45.5. The largest absolute Gasteiger partial charge is 0.464 e. The smallest absolute Gasteiger partial charge is 0.381 e. The molecule has 2 aromatic carbocycles. The lowest BCUT2D eigenvalue weighted by Gasteiger charge is -2.11. The zero-order chi connectivity index (χ0) is 32.8. The zero-order valence-electron chi connectivity index (χ0n) is 22.4. The molecule has 2 amide bonds. The third kappa shape index (κ3) is 14.5. The van der Waals surface area contributed by atoms with Crippen LogP contribution in [0.3, 0.4) is 0 Å². The van der Waals surface area contributed by atoms with Crippen molar-refractivity contribution in [1.82, 2.24) is 10.6 Å². The van der Waals surface area contributed by atoms with Gasteiger partial charge in [-0.15, -0.1) is 0 Å². The molecule has 0 fully saturated rings. The molecule has 0 radical (unpaired) electrons. The van der Waals surface area contributed by atoms with Gasteiger partial charge in [0.05, 0.1) is 13.7 Å². The SMILES string of the molecule is CCOC(=O)C(F)(F)C=C(I)CNC(=O)c1ccc(Br)cc1.COC(=O)C(F)(F)C=C(I)CNC(=O)c1ccc(Br)cc1. The average Bonchev–Trinajstić information content (AvgIpc) is 2.95. The number of rotatable bonds is 11. The molecule has 0 aliphatic rings. The van der Waals surface area contributed by atoms with E-state index in [0.29, 0.717) is 23.3 Å². The molecule has 0 saturated heterocycles. The quantitative estimate of drug-likeness (QED) is 0.143. The molecule has 0 heterocycles. The van der Waals surface area contributed by atoms with Gasteiger partial charge >= 0.3 is 23.8 Å². The minimum atomic E-state index is -3.71. The average molecular weight is 962 g/mol. The number of hydrogen-bond acceptors (Lipinski definition) is 6. The first kappa shape index (κ1) is 39.0. The van der Waals surface area contributed by atoms with Gasteiger partial charge < -0.3 is 20.1 Å². The number of nitrogens with one attached hydrogen (secondary N) is 2. The molecule has 0 aromatic heterocycles. The number of amides is 2. The first-order chi connectivity index (χ1) is 20.0. The first-order valence-corrected chi connectivity index (χ1v) is 15.6. The Morgan fingerprint density at radius 1 is 0.744 bits per heavy atom. The lowest BCUT2D eigenvalue weighted by molar-refractivity contribution is -0.164. The normalized spacial score (nSPS) is 12.0. The molecule has 43 heavy (non-hydrogen) atoms. The summed E-state index contributed by atoms with van der Waals surface area (Å²) in [6.07, 6.45) is 0.939. The van der Waals surface area contributed by atoms with Crippen LogP contribution >= 0.6 is 77.0 Å². The minimum Gasteiger partial charge on any atom is -0.464 e. The van der Waals surface area contributed by atoms with Gasteiger partial charge in [0.1, 0.15) is 0 Å². The van der Waals surface area contributed by atoms with Crippen molar-refractivity contribution in [3.05, 3.63) is 87.9 Å². The lowest BCUT2D eigenvalue weighted by Crippen LogP contribution is -2.30. The number of esters is 2. The van der Waals surface area contributed by atoms with Crippen LogP contribution in [0.2, 0.25) is 0 Å². The molecule has 0 aliphatic carbocycles. The highest BCUT2D eigenvalue weighted by atomic mass is 127. The monoisotopic (exact) mass is 960 g/mol. The second-order valence-electron chi connectivity index (χ2n) is 8.02. The molecule has 16 heteroatoms. The Kier molecular flexibility index (Phi) is 16.9. The molecule has 0 bridgehead atoms. The summed E-state index contributed by atoms with van der Waals surface area (Å²) >= 11 is 9.75. The molecule has 2 rings (SSSR count). The predicted octanol–water partition coefficient (Wildman–Crippen LogP) is 7.00. The van der Waals surface area contributed by atoms with Crippen molar-refractivity contribution in [2.24, 2.45) is 0 Å². The summed E-state index contributed by atoms with van der Waals surface area (Å²) < 4.78 is 63.7. The highest BCUT2D eigenvalue weighted by Crippen LogP contribution is 2.23. The molecule has 2 N–H and O–H groups in total. The van der Waals surface area contributed by atoms with Crippen LogP contribution in [0.4, 0.5) is 17.6 Å². The van der Waals surface area contributed by atoms with Crippen LogP contribution in [0.15, 0.2) is 76.8 Å². The van der Waals surface area contributed by atoms with Gasteiger partial charge in [-0.3, -0.25) is 9.59 Å². The summed E-state index contributed by atoms with van der Waals surface area (Å²) in [6.45, 7) is 1.10. The molecule has 0 aliphatic heterocycles. The summed E-state index contributed by atoms with van der Waals surface area (Å²) in [7, 11) is 0.881. The molecule has 0 spiro atoms. The number of halogens is 8. The maximum atomic E-state index is 13.5. The number of hydrogen-bond donors (Lipinski definition) is 2. The van der Waals surface area contributed by atoms with E-state index < -0.39 is 35.6 Å². The highest BCUT2D eigenvalue weighted by molar-refractivity contribution is 14.1. The number of carbonyl (C=O) groups is 4. The van der Waals surface area contributed by atoms with E-state index in [1.807, 2.05) is 0 Å². The van der Waals surface area contributed by atoms with Crippen LogP contribution in [0.1, 0.15) is 27.6 Å². The van der Waals surface area contributed by atoms with Crippen LogP contribution in [-0.4, -0.2) is 62.4 Å². The van der Waals surface area contributed by atoms with Crippen LogP contribution in [0.25, 0.3) is 0 Å². The molecular weight excluding hydrogens is 938 g/mol. The van der Waals surface area contributed by atoms with Crippen molar-refractivity contribution in [3.63, 3.8) is 0 Å². The molecule has 0 atom stereocenters. The van der Waals surface area contributed by atoms with Gasteiger partial charge in [0.25, 0.3) is 11.8 Å². The van der Waals surface area contributed by atoms with Gasteiger partial charge in [0, 0.05) is 52.5 Å². The Morgan fingerprint density at radius 2 is 1.09 bits per heavy atom. The topological polar surface area (TPSA) is 111 Å². The number of methoxy groups -OCH3 is 1. The van der Waals surface area contributed by atoms with Crippen molar-refractivity contribution < 1.29 is 46.2 Å². The third-order valence-corrected chi connectivity index (χ3v) is 7.17. The van der Waals surface area contributed by atoms with E-state index in [1.165, 1.54) is 6.92 Å². The summed E-state index contributed by atoms with van der Waals surface area (Å²) in [5.74, 6) is -11.5. The van der Waals surface area contributed by atoms with Crippen molar-refractivity contribution in [1.29, 1.82) is 0 Å². The second kappa shape index (κ2) is 18.7. The number of ether oxygens (including phenoxy) is 2. The predicted molar refractivity (Wildman–Crippen MR) is 176 cm³/mol. The lowest BCUT2D eigenvalue weighted by atomic mass is 10.2. The van der Waals surface area contributed by atoms with Gasteiger partial charge in [0.15, 0.2) is 0 Å². The van der Waals surface area contributed by atoms with Crippen molar-refractivity contribution >= 4 is 101 Å². The molecule has 8 nitrogen and oxygen atoms in total. The van der Waals surface area contributed by atoms with Crippen molar-refractivity contribution in [2.45, 2.75) is 18.8 Å². The molecular formula is C27H24Br2F4I2N2O6. The van der Waals surface area contributed by atoms with E-state index >= 15 is 0 Å². The highest BCUT2D eigenvalue weighted by Gasteiger charge is 2.39. The fourth-order valence-corrected chi connectivity index (χ4v) is 4.41. The minimum absolute atomic E-state index is 0.107. The second-order valence-corrected chi connectivity index (χ2v) is 12.6. The molecule has 0 unspecified atom stereocenters. The van der Waals surface area contributed by atoms with Crippen LogP contribution in [0, 0.1) is 0 Å². The van der Waals surface area contributed by atoms with E-state index in [4.69, 9.17) is 0 Å². The van der Waals surface area contributed by atoms with Crippen molar-refractivity contribution in [3.8, 4) is 0 Å². The fraction of sp³-hybridized carbons (Fsp3) is 0.259. The van der Waals surface area contributed by atoms with E-state index in [2.05, 4.69) is 52.0 Å². The number of alkyl halides is 4. The van der Waals surface area contributed by atoms with Crippen LogP contribution in [0.5, 0.6) is 0 Å². The third-order valence-electron chi connectivity index (χ3n) is 4.73. The Balaban J connectivity index is 0.000000430. The van der Waals surface area contributed by atoms with Crippen LogP contribution < -0.4 is 10.6 Å². The first-order valence-electron chi connectivity index (χ1n) is 11.9. The van der Waals surface area contributed by atoms with Gasteiger partial charge in [-0.05, 0) is 101 Å². The van der Waals surface area contributed by atoms with Gasteiger partial charge in [-0.1, -0.05) is 31.9 Å². The maximum Gasteiger partial charge on any atom is 0.381 e. The van der Waals surface area contributed by atoms with E-state index in [-0.39, 0.29) is 26.9 Å². The summed E-state index contributed by atoms with van der Waals surface area (Å²) in [6, 6.07) is 13.2. The van der Waals surface area contributed by atoms with E-state index in [0.717, 1.165) is 16.1 Å². The molecule has 0 saturated carbocycles. The Bertz CT molecular complexity index is 1340. The summed E-state index contributed by atoms with van der Waals surface area (Å²) in [5, 5.41) is 4.98. The Hall–Kier alpha value is -2.06. The van der Waals surface area contributed by atoms with Gasteiger partial charge in [0.2, 0.25) is 0 Å². The Morgan fingerprint density at radius 3 is 1.42 bits per heavy atom. The number of carbonyl (C=O) groups excluding carboxylic acids is 4. The zero-order valence-corrected chi connectivity index (χ0v) is 29.9. The van der Waals surface area contributed by atoms with E-state index in [9.17, 15) is 36.7 Å². The molecule has 2 aromatic rings. The molecule has 234 valence electrons. The Labute approximate surface area is 288 Å². The summed E-state index contributed by atoms with van der Waals surface area (Å²) in [5.41, 5.74) is 0.812. The standard InChI is InChI=1S/C14H13BrF2INO3.C13H11BrF2INO3/c1-2-22-13(21)14(16,17)7-11(18)8-19-12(20)9-3-5-10(15)6-4-9;1-21-12(20)13(15,16)6-10(17)7-18-11(19)8-2-4-9(14)5-3-8/h3-7H,2,8H2,1H3,(H,19,20);2-6H,7H2,1H3,(H,18,19). The maximum absolute atomic E-state index is 13.5. The van der Waals surface area contributed by atoms with Gasteiger partial charge in [-0.25, -0.2) is 9.59 Å². The number of benzene rings is 2.